The van der Waals surface area contributed by atoms with Crippen molar-refractivity contribution in [2.45, 2.75) is 51.7 Å². The van der Waals surface area contributed by atoms with Crippen molar-refractivity contribution in [3.05, 3.63) is 0 Å². The first kappa shape index (κ1) is 12.3. The Morgan fingerprint density at radius 1 is 1.40 bits per heavy atom. The van der Waals surface area contributed by atoms with Crippen molar-refractivity contribution in [1.82, 2.24) is 9.80 Å². The lowest BCUT2D eigenvalue weighted by Gasteiger charge is -2.45. The maximum Gasteiger partial charge on any atom is 0.408 e. The number of rotatable bonds is 1. The van der Waals surface area contributed by atoms with Crippen molar-refractivity contribution in [3.8, 4) is 0 Å². The first-order valence-corrected chi connectivity index (χ1v) is 5.56. The molecule has 1 N–H and O–H groups in total. The van der Waals surface area contributed by atoms with Crippen molar-refractivity contribution in [3.63, 3.8) is 0 Å². The molecule has 1 rings (SSSR count). The van der Waals surface area contributed by atoms with Crippen LogP contribution in [0.5, 0.6) is 0 Å². The van der Waals surface area contributed by atoms with Crippen LogP contribution in [0.15, 0.2) is 0 Å². The smallest absolute Gasteiger partial charge is 0.408 e. The fourth-order valence-electron chi connectivity index (χ4n) is 1.99. The number of carbonyl (C=O) groups is 1. The van der Waals surface area contributed by atoms with E-state index < -0.39 is 6.09 Å². The minimum atomic E-state index is -0.796. The van der Waals surface area contributed by atoms with Crippen molar-refractivity contribution in [1.29, 1.82) is 0 Å². The SMILES string of the molecule is CN(C1CCCCN1C(=O)O)C(C)(C)C. The van der Waals surface area contributed by atoms with Gasteiger partial charge in [0.15, 0.2) is 0 Å². The second-order valence-corrected chi connectivity index (χ2v) is 5.23. The fourth-order valence-corrected chi connectivity index (χ4v) is 1.99. The molecule has 1 saturated heterocycles. The molecule has 1 aliphatic rings. The predicted molar refractivity (Wildman–Crippen MR) is 59.9 cm³/mol. The van der Waals surface area contributed by atoms with Gasteiger partial charge >= 0.3 is 6.09 Å². The molecule has 0 aromatic carbocycles. The van der Waals surface area contributed by atoms with Crippen molar-refractivity contribution >= 4 is 6.09 Å². The van der Waals surface area contributed by atoms with E-state index in [1.807, 2.05) is 7.05 Å². The summed E-state index contributed by atoms with van der Waals surface area (Å²) in [7, 11) is 2.01. The van der Waals surface area contributed by atoms with E-state index in [1.54, 1.807) is 4.90 Å². The van der Waals surface area contributed by atoms with Gasteiger partial charge in [-0.2, -0.15) is 0 Å². The molecule has 1 aliphatic heterocycles. The standard InChI is InChI=1S/C11H22N2O2/c1-11(2,3)12(4)9-7-5-6-8-13(9)10(14)15/h9H,5-8H2,1-4H3,(H,14,15). The minimum absolute atomic E-state index is 0.00963. The lowest BCUT2D eigenvalue weighted by Crippen LogP contribution is -2.56. The largest absolute Gasteiger partial charge is 0.465 e. The summed E-state index contributed by atoms with van der Waals surface area (Å²) in [6.07, 6.45) is 2.29. The van der Waals surface area contributed by atoms with Crippen molar-refractivity contribution < 1.29 is 9.90 Å². The summed E-state index contributed by atoms with van der Waals surface area (Å²) in [4.78, 5) is 14.8. The summed E-state index contributed by atoms with van der Waals surface area (Å²) < 4.78 is 0. The van der Waals surface area contributed by atoms with Crippen LogP contribution in [0.1, 0.15) is 40.0 Å². The minimum Gasteiger partial charge on any atom is -0.465 e. The van der Waals surface area contributed by atoms with Gasteiger partial charge in [0.2, 0.25) is 0 Å². The van der Waals surface area contributed by atoms with Crippen LogP contribution in [0.25, 0.3) is 0 Å². The molecule has 1 fully saturated rings. The maximum absolute atomic E-state index is 11.1. The first-order chi connectivity index (χ1) is 6.84. The van der Waals surface area contributed by atoms with Gasteiger partial charge in [-0.1, -0.05) is 0 Å². The lowest BCUT2D eigenvalue weighted by molar-refractivity contribution is -0.00911. The molecule has 0 aromatic heterocycles. The van der Waals surface area contributed by atoms with E-state index in [2.05, 4.69) is 25.7 Å². The lowest BCUT2D eigenvalue weighted by atomic mass is 10.0. The van der Waals surface area contributed by atoms with Gasteiger partial charge in [0.1, 0.15) is 0 Å². The van der Waals surface area contributed by atoms with Crippen molar-refractivity contribution in [2.24, 2.45) is 0 Å². The van der Waals surface area contributed by atoms with Gasteiger partial charge in [-0.05, 0) is 47.1 Å². The number of piperidine rings is 1. The highest BCUT2D eigenvalue weighted by atomic mass is 16.4. The zero-order chi connectivity index (χ0) is 11.6. The Balaban J connectivity index is 2.76. The van der Waals surface area contributed by atoms with E-state index in [0.29, 0.717) is 6.54 Å². The van der Waals surface area contributed by atoms with Gasteiger partial charge in [0.25, 0.3) is 0 Å². The normalized spacial score (nSPS) is 23.3. The van der Waals surface area contributed by atoms with Crippen LogP contribution in [0.3, 0.4) is 0 Å². The zero-order valence-corrected chi connectivity index (χ0v) is 10.2. The molecule has 0 radical (unpaired) electrons. The van der Waals surface area contributed by atoms with Gasteiger partial charge in [0.05, 0.1) is 6.17 Å². The third kappa shape index (κ3) is 2.84. The molecular weight excluding hydrogens is 192 g/mol. The van der Waals surface area contributed by atoms with E-state index >= 15 is 0 Å². The van der Waals surface area contributed by atoms with Crippen LogP contribution in [0, 0.1) is 0 Å². The van der Waals surface area contributed by atoms with Crippen LogP contribution in [0.4, 0.5) is 4.79 Å². The van der Waals surface area contributed by atoms with E-state index in [0.717, 1.165) is 19.3 Å². The number of carboxylic acid groups (broad SMARTS) is 1. The van der Waals surface area contributed by atoms with Crippen LogP contribution in [-0.4, -0.2) is 46.3 Å². The third-order valence-corrected chi connectivity index (χ3v) is 3.22. The average molecular weight is 214 g/mol. The van der Waals surface area contributed by atoms with E-state index in [4.69, 9.17) is 5.11 Å². The molecule has 1 heterocycles. The third-order valence-electron chi connectivity index (χ3n) is 3.22. The number of amides is 1. The molecule has 0 saturated carbocycles. The Labute approximate surface area is 91.9 Å². The number of likely N-dealkylation sites (tertiary alicyclic amines) is 1. The molecule has 0 aromatic rings. The quantitative estimate of drug-likeness (QED) is 0.727. The topological polar surface area (TPSA) is 43.8 Å². The van der Waals surface area contributed by atoms with Gasteiger partial charge in [-0.15, -0.1) is 0 Å². The summed E-state index contributed by atoms with van der Waals surface area (Å²) in [6.45, 7) is 7.01. The molecule has 0 bridgehead atoms. The summed E-state index contributed by atoms with van der Waals surface area (Å²) in [5, 5.41) is 9.12. The van der Waals surface area contributed by atoms with Crippen molar-refractivity contribution in [2.75, 3.05) is 13.6 Å². The Morgan fingerprint density at radius 2 is 2.00 bits per heavy atom. The Bertz CT molecular complexity index is 235. The molecule has 4 heteroatoms. The van der Waals surface area contributed by atoms with Crippen LogP contribution >= 0.6 is 0 Å². The molecule has 4 nitrogen and oxygen atoms in total. The average Bonchev–Trinajstić information content (AvgIpc) is 2.15. The Morgan fingerprint density at radius 3 is 2.47 bits per heavy atom. The van der Waals surface area contributed by atoms with Gasteiger partial charge in [-0.3, -0.25) is 9.80 Å². The highest BCUT2D eigenvalue weighted by Gasteiger charge is 2.33. The van der Waals surface area contributed by atoms with E-state index in [9.17, 15) is 4.79 Å². The number of hydrogen-bond acceptors (Lipinski definition) is 2. The second kappa shape index (κ2) is 4.39. The van der Waals surface area contributed by atoms with Gasteiger partial charge in [0, 0.05) is 12.1 Å². The van der Waals surface area contributed by atoms with Gasteiger partial charge in [-0.25, -0.2) is 4.79 Å². The first-order valence-electron chi connectivity index (χ1n) is 5.56. The molecular formula is C11H22N2O2. The molecule has 1 unspecified atom stereocenters. The monoisotopic (exact) mass is 214 g/mol. The zero-order valence-electron chi connectivity index (χ0n) is 10.2. The molecule has 1 amide bonds. The highest BCUT2D eigenvalue weighted by Crippen LogP contribution is 2.24. The second-order valence-electron chi connectivity index (χ2n) is 5.23. The van der Waals surface area contributed by atoms with Crippen LogP contribution < -0.4 is 0 Å². The number of nitrogens with zero attached hydrogens (tertiary/aromatic N) is 2. The highest BCUT2D eigenvalue weighted by molar-refractivity contribution is 5.65. The molecule has 1 atom stereocenters. The van der Waals surface area contributed by atoms with Crippen LogP contribution in [-0.2, 0) is 0 Å². The van der Waals surface area contributed by atoms with Gasteiger partial charge < -0.3 is 5.11 Å². The maximum atomic E-state index is 11.1. The number of hydrogen-bond donors (Lipinski definition) is 1. The molecule has 15 heavy (non-hydrogen) atoms. The summed E-state index contributed by atoms with van der Waals surface area (Å²) >= 11 is 0. The predicted octanol–water partition coefficient (Wildman–Crippen LogP) is 2.21. The summed E-state index contributed by atoms with van der Waals surface area (Å²) in [5.74, 6) is 0. The molecule has 0 aliphatic carbocycles. The molecule has 88 valence electrons. The van der Waals surface area contributed by atoms with Crippen LogP contribution in [0.2, 0.25) is 0 Å². The molecule has 0 spiro atoms. The van der Waals surface area contributed by atoms with E-state index in [-0.39, 0.29) is 11.7 Å². The Hall–Kier alpha value is -0.770. The fraction of sp³-hybridized carbons (Fsp3) is 0.909. The van der Waals surface area contributed by atoms with E-state index in [1.165, 1.54) is 0 Å². The summed E-state index contributed by atoms with van der Waals surface area (Å²) in [6, 6.07) is 0. The Kier molecular flexibility index (Phi) is 3.60. The summed E-state index contributed by atoms with van der Waals surface area (Å²) in [5.41, 5.74) is 0.00963.